The number of pyridine rings is 1. The van der Waals surface area contributed by atoms with Crippen LogP contribution in [0.2, 0.25) is 0 Å². The molecule has 160 valence electrons. The third kappa shape index (κ3) is 3.76. The second-order valence-corrected chi connectivity index (χ2v) is 8.14. The van der Waals surface area contributed by atoms with Crippen molar-refractivity contribution in [2.45, 2.75) is 26.8 Å². The predicted molar refractivity (Wildman–Crippen MR) is 123 cm³/mol. The number of rotatable bonds is 5. The van der Waals surface area contributed by atoms with Crippen LogP contribution in [0.5, 0.6) is 0 Å². The molecular formula is C22H27N9. The second kappa shape index (κ2) is 8.07. The molecule has 1 N–H and O–H groups in total. The lowest BCUT2D eigenvalue weighted by Gasteiger charge is -2.35. The zero-order valence-electron chi connectivity index (χ0n) is 18.2. The molecule has 0 atom stereocenters. The Bertz CT molecular complexity index is 1190. The molecule has 0 bridgehead atoms. The molecule has 3 aromatic heterocycles. The molecule has 5 rings (SSSR count). The molecule has 1 saturated heterocycles. The van der Waals surface area contributed by atoms with Crippen molar-refractivity contribution in [2.75, 3.05) is 42.9 Å². The van der Waals surface area contributed by atoms with E-state index in [1.165, 1.54) is 0 Å². The predicted octanol–water partition coefficient (Wildman–Crippen LogP) is 3.24. The van der Waals surface area contributed by atoms with Gasteiger partial charge in [-0.25, -0.2) is 19.6 Å². The fourth-order valence-corrected chi connectivity index (χ4v) is 4.02. The molecule has 0 unspecified atom stereocenters. The first-order valence-electron chi connectivity index (χ1n) is 10.8. The van der Waals surface area contributed by atoms with Gasteiger partial charge in [-0.1, -0.05) is 12.1 Å². The fourth-order valence-electron chi connectivity index (χ4n) is 4.02. The molecule has 0 aliphatic carbocycles. The zero-order valence-corrected chi connectivity index (χ0v) is 18.2. The Morgan fingerprint density at radius 1 is 1.00 bits per heavy atom. The summed E-state index contributed by atoms with van der Waals surface area (Å²) in [4.78, 5) is 18.7. The van der Waals surface area contributed by atoms with Crippen LogP contribution in [0.15, 0.2) is 36.7 Å². The molecule has 0 radical (unpaired) electrons. The minimum Gasteiger partial charge on any atom is -0.368 e. The topological polar surface area (TPSA) is 87.9 Å². The summed E-state index contributed by atoms with van der Waals surface area (Å²) < 4.78 is 1.90. The van der Waals surface area contributed by atoms with Crippen LogP contribution in [0.1, 0.15) is 26.8 Å². The van der Waals surface area contributed by atoms with Crippen LogP contribution < -0.4 is 10.2 Å². The van der Waals surface area contributed by atoms with Gasteiger partial charge in [0.25, 0.3) is 0 Å². The molecule has 9 heteroatoms. The first-order chi connectivity index (χ1) is 15.1. The summed E-state index contributed by atoms with van der Waals surface area (Å²) in [5.74, 6) is 1.23. The van der Waals surface area contributed by atoms with E-state index in [0.717, 1.165) is 66.2 Å². The largest absolute Gasteiger partial charge is 0.368 e. The Balaban J connectivity index is 1.39. The van der Waals surface area contributed by atoms with Crippen molar-refractivity contribution >= 4 is 39.4 Å². The maximum atomic E-state index is 4.76. The number of hydrogen-bond donors (Lipinski definition) is 1. The van der Waals surface area contributed by atoms with Gasteiger partial charge in [-0.15, -0.1) is 5.10 Å². The van der Waals surface area contributed by atoms with Crippen molar-refractivity contribution in [3.05, 3.63) is 36.7 Å². The Kier molecular flexibility index (Phi) is 5.11. The van der Waals surface area contributed by atoms with Crippen molar-refractivity contribution in [1.82, 2.24) is 34.8 Å². The average Bonchev–Trinajstić information content (AvgIpc) is 3.25. The Labute approximate surface area is 181 Å². The monoisotopic (exact) mass is 417 g/mol. The van der Waals surface area contributed by atoms with Crippen molar-refractivity contribution < 1.29 is 0 Å². The van der Waals surface area contributed by atoms with E-state index < -0.39 is 0 Å². The van der Waals surface area contributed by atoms with Crippen molar-refractivity contribution in [3.8, 4) is 0 Å². The van der Waals surface area contributed by atoms with Gasteiger partial charge in [-0.2, -0.15) is 0 Å². The van der Waals surface area contributed by atoms with Crippen LogP contribution in [-0.4, -0.2) is 67.6 Å². The Morgan fingerprint density at radius 3 is 2.55 bits per heavy atom. The molecule has 31 heavy (non-hydrogen) atoms. The molecule has 4 aromatic rings. The van der Waals surface area contributed by atoms with Gasteiger partial charge < -0.3 is 15.1 Å². The summed E-state index contributed by atoms with van der Waals surface area (Å²) in [7, 11) is 0. The van der Waals surface area contributed by atoms with Gasteiger partial charge in [0.05, 0.1) is 11.9 Å². The number of fused-ring (bicyclic) bond motifs is 3. The molecule has 1 aliphatic rings. The number of hydrogen-bond acceptors (Lipinski definition) is 8. The molecule has 9 nitrogen and oxygen atoms in total. The highest BCUT2D eigenvalue weighted by molar-refractivity contribution is 6.01. The highest BCUT2D eigenvalue weighted by atomic mass is 15.4. The Morgan fingerprint density at radius 2 is 1.84 bits per heavy atom. The van der Waals surface area contributed by atoms with Gasteiger partial charge >= 0.3 is 0 Å². The Hall–Kier alpha value is -3.33. The van der Waals surface area contributed by atoms with Crippen LogP contribution >= 0.6 is 0 Å². The third-order valence-electron chi connectivity index (χ3n) is 5.84. The van der Waals surface area contributed by atoms with Gasteiger partial charge in [-0.05, 0) is 44.7 Å². The summed E-state index contributed by atoms with van der Waals surface area (Å²) in [5, 5.41) is 12.8. The fraction of sp³-hybridized carbons (Fsp3) is 0.409. The van der Waals surface area contributed by atoms with Crippen LogP contribution in [0.4, 0.5) is 17.5 Å². The summed E-state index contributed by atoms with van der Waals surface area (Å²) in [6, 6.07) is 8.21. The first kappa shape index (κ1) is 19.6. The molecule has 0 saturated carbocycles. The number of piperazine rings is 1. The maximum absolute atomic E-state index is 4.76. The average molecular weight is 418 g/mol. The van der Waals surface area contributed by atoms with E-state index in [1.54, 1.807) is 0 Å². The zero-order chi connectivity index (χ0) is 21.4. The van der Waals surface area contributed by atoms with Crippen LogP contribution in [0.25, 0.3) is 21.9 Å². The quantitative estimate of drug-likeness (QED) is 0.530. The molecular weight excluding hydrogens is 390 g/mol. The molecule has 1 fully saturated rings. The van der Waals surface area contributed by atoms with Crippen molar-refractivity contribution in [2.24, 2.45) is 0 Å². The van der Waals surface area contributed by atoms with E-state index >= 15 is 0 Å². The minimum atomic E-state index is 0.190. The molecule has 1 aliphatic heterocycles. The van der Waals surface area contributed by atoms with E-state index in [2.05, 4.69) is 62.2 Å². The lowest BCUT2D eigenvalue weighted by molar-refractivity contribution is 0.271. The number of nitrogens with one attached hydrogen (secondary N) is 1. The minimum absolute atomic E-state index is 0.190. The third-order valence-corrected chi connectivity index (χ3v) is 5.84. The summed E-state index contributed by atoms with van der Waals surface area (Å²) in [6.45, 7) is 11.7. The van der Waals surface area contributed by atoms with Gasteiger partial charge in [0.15, 0.2) is 0 Å². The lowest BCUT2D eigenvalue weighted by Crippen LogP contribution is -2.46. The van der Waals surface area contributed by atoms with Gasteiger partial charge in [-0.3, -0.25) is 0 Å². The number of anilines is 3. The van der Waals surface area contributed by atoms with Crippen LogP contribution in [-0.2, 0) is 0 Å². The van der Waals surface area contributed by atoms with E-state index in [9.17, 15) is 0 Å². The van der Waals surface area contributed by atoms with E-state index in [0.29, 0.717) is 5.95 Å². The standard InChI is InChI=1S/C22H27N9/c1-4-29-9-11-30(12-10-29)17-6-8-19(23-14-17)25-22-24-13-16-5-7-18-21(20(16)26-22)31(15(2)3)28-27-18/h5-8,13-15H,4,9-12H2,1-3H3,(H,23,24,25,26). The maximum Gasteiger partial charge on any atom is 0.228 e. The first-order valence-corrected chi connectivity index (χ1v) is 10.8. The van der Waals surface area contributed by atoms with Gasteiger partial charge in [0, 0.05) is 43.8 Å². The van der Waals surface area contributed by atoms with E-state index in [-0.39, 0.29) is 6.04 Å². The second-order valence-electron chi connectivity index (χ2n) is 8.14. The summed E-state index contributed by atoms with van der Waals surface area (Å²) >= 11 is 0. The SMILES string of the molecule is CCN1CCN(c2ccc(Nc3ncc4ccc5nnn(C(C)C)c5c4n3)nc2)CC1. The molecule has 1 aromatic carbocycles. The van der Waals surface area contributed by atoms with Gasteiger partial charge in [0.2, 0.25) is 5.95 Å². The highest BCUT2D eigenvalue weighted by Gasteiger charge is 2.16. The number of benzene rings is 1. The summed E-state index contributed by atoms with van der Waals surface area (Å²) in [6.07, 6.45) is 3.74. The summed E-state index contributed by atoms with van der Waals surface area (Å²) in [5.41, 5.74) is 3.73. The van der Waals surface area contributed by atoms with Crippen molar-refractivity contribution in [1.29, 1.82) is 0 Å². The highest BCUT2D eigenvalue weighted by Crippen LogP contribution is 2.26. The smallest absolute Gasteiger partial charge is 0.228 e. The molecule has 0 spiro atoms. The number of likely N-dealkylation sites (N-methyl/N-ethyl adjacent to an activating group) is 1. The molecule has 4 heterocycles. The molecule has 0 amide bonds. The van der Waals surface area contributed by atoms with E-state index in [4.69, 9.17) is 4.98 Å². The normalized spacial score (nSPS) is 15.3. The van der Waals surface area contributed by atoms with Crippen LogP contribution in [0, 0.1) is 0 Å². The number of aromatic nitrogens is 6. The van der Waals surface area contributed by atoms with E-state index in [1.807, 2.05) is 35.3 Å². The van der Waals surface area contributed by atoms with Crippen molar-refractivity contribution in [3.63, 3.8) is 0 Å². The lowest BCUT2D eigenvalue weighted by atomic mass is 10.2. The van der Waals surface area contributed by atoms with Gasteiger partial charge in [0.1, 0.15) is 22.4 Å². The van der Waals surface area contributed by atoms with Crippen LogP contribution in [0.3, 0.4) is 0 Å². The number of nitrogens with zero attached hydrogens (tertiary/aromatic N) is 8.